The number of nitrogens with zero attached hydrogens (tertiary/aromatic N) is 2. The number of likely N-dealkylation sites (N-methyl/N-ethyl adjacent to an activating group) is 1. The standard InChI is InChI=1S/C10H19N.C5H13NO.3C2H6/c1-3-10(2)9-11-7-5-4-6-8-11;1-6(2)4-5-7-3;3*1-2/h9H,3-8H2,1-2H3;4-5H2,1-3H3;3*1-2H3/b10-9+;;;;. The molecule has 1 fully saturated rings. The van der Waals surface area contributed by atoms with E-state index in [0.717, 1.165) is 13.2 Å². The van der Waals surface area contributed by atoms with Crippen molar-refractivity contribution in [1.29, 1.82) is 0 Å². The lowest BCUT2D eigenvalue weighted by Crippen LogP contribution is -2.24. The number of methoxy groups -OCH3 is 1. The van der Waals surface area contributed by atoms with Crippen LogP contribution in [-0.4, -0.2) is 57.2 Å². The molecule has 1 saturated heterocycles. The fraction of sp³-hybridized carbons (Fsp3) is 0.905. The van der Waals surface area contributed by atoms with Crippen LogP contribution >= 0.6 is 0 Å². The fourth-order valence-corrected chi connectivity index (χ4v) is 1.72. The highest BCUT2D eigenvalue weighted by molar-refractivity contribution is 4.96. The third-order valence-corrected chi connectivity index (χ3v) is 3.09. The molecule has 1 aliphatic rings. The molecule has 1 rings (SSSR count). The first-order valence-electron chi connectivity index (χ1n) is 10.1. The average Bonchev–Trinajstić information content (AvgIpc) is 2.66. The van der Waals surface area contributed by atoms with E-state index >= 15 is 0 Å². The van der Waals surface area contributed by atoms with Crippen molar-refractivity contribution in [2.75, 3.05) is 47.4 Å². The maximum absolute atomic E-state index is 4.81. The molecule has 0 aromatic carbocycles. The summed E-state index contributed by atoms with van der Waals surface area (Å²) >= 11 is 0. The molecule has 0 unspecified atom stereocenters. The summed E-state index contributed by atoms with van der Waals surface area (Å²) < 4.78 is 4.81. The van der Waals surface area contributed by atoms with Crippen LogP contribution in [0.25, 0.3) is 0 Å². The highest BCUT2D eigenvalue weighted by atomic mass is 16.5. The van der Waals surface area contributed by atoms with Crippen molar-refractivity contribution in [3.8, 4) is 0 Å². The van der Waals surface area contributed by atoms with Gasteiger partial charge in [-0.2, -0.15) is 0 Å². The number of piperidine rings is 1. The lowest BCUT2D eigenvalue weighted by Gasteiger charge is -2.25. The SMILES string of the molecule is CC.CC.CC.CC/C(C)=C/N1CCCCC1.COCCN(C)C. The number of likely N-dealkylation sites (tertiary alicyclic amines) is 1. The Morgan fingerprint density at radius 3 is 1.71 bits per heavy atom. The smallest absolute Gasteiger partial charge is 0.0589 e. The average molecular weight is 347 g/mol. The zero-order chi connectivity index (χ0) is 19.8. The van der Waals surface area contributed by atoms with E-state index in [9.17, 15) is 0 Å². The molecule has 0 N–H and O–H groups in total. The quantitative estimate of drug-likeness (QED) is 0.602. The van der Waals surface area contributed by atoms with Gasteiger partial charge in [-0.25, -0.2) is 0 Å². The van der Waals surface area contributed by atoms with Crippen molar-refractivity contribution < 1.29 is 4.74 Å². The maximum atomic E-state index is 4.81. The Labute approximate surface area is 155 Å². The predicted octanol–water partition coefficient (Wildman–Crippen LogP) is 6.06. The second kappa shape index (κ2) is 30.4. The van der Waals surface area contributed by atoms with Crippen LogP contribution in [0.1, 0.15) is 81.1 Å². The highest BCUT2D eigenvalue weighted by Crippen LogP contribution is 2.11. The van der Waals surface area contributed by atoms with Crippen LogP contribution in [0.3, 0.4) is 0 Å². The summed E-state index contributed by atoms with van der Waals surface area (Å²) in [5, 5.41) is 0. The van der Waals surface area contributed by atoms with Gasteiger partial charge in [-0.1, -0.05) is 54.0 Å². The Balaban J connectivity index is -0.000000134. The largest absolute Gasteiger partial charge is 0.383 e. The molecule has 24 heavy (non-hydrogen) atoms. The van der Waals surface area contributed by atoms with Gasteiger partial charge >= 0.3 is 0 Å². The molecule has 0 saturated carbocycles. The van der Waals surface area contributed by atoms with Gasteiger partial charge in [-0.3, -0.25) is 0 Å². The minimum Gasteiger partial charge on any atom is -0.383 e. The van der Waals surface area contributed by atoms with Crippen LogP contribution in [0.2, 0.25) is 0 Å². The van der Waals surface area contributed by atoms with E-state index in [1.807, 2.05) is 55.6 Å². The van der Waals surface area contributed by atoms with Gasteiger partial charge in [0.2, 0.25) is 0 Å². The monoisotopic (exact) mass is 346 g/mol. The van der Waals surface area contributed by atoms with Crippen LogP contribution < -0.4 is 0 Å². The summed E-state index contributed by atoms with van der Waals surface area (Å²) in [5.74, 6) is 0. The predicted molar refractivity (Wildman–Crippen MR) is 114 cm³/mol. The van der Waals surface area contributed by atoms with Crippen LogP contribution in [0.5, 0.6) is 0 Å². The number of hydrogen-bond donors (Lipinski definition) is 0. The Hall–Kier alpha value is -0.540. The van der Waals surface area contributed by atoms with Crippen molar-refractivity contribution in [3.63, 3.8) is 0 Å². The van der Waals surface area contributed by atoms with E-state index < -0.39 is 0 Å². The molecule has 0 aliphatic carbocycles. The van der Waals surface area contributed by atoms with E-state index in [2.05, 4.69) is 29.8 Å². The maximum Gasteiger partial charge on any atom is 0.0589 e. The molecular weight excluding hydrogens is 296 g/mol. The molecule has 0 bridgehead atoms. The summed E-state index contributed by atoms with van der Waals surface area (Å²) in [7, 11) is 5.77. The first-order valence-corrected chi connectivity index (χ1v) is 10.1. The summed E-state index contributed by atoms with van der Waals surface area (Å²) in [6.07, 6.45) is 7.71. The van der Waals surface area contributed by atoms with Crippen LogP contribution in [-0.2, 0) is 4.74 Å². The molecule has 0 amide bonds. The zero-order valence-electron chi connectivity index (χ0n) is 19.0. The molecule has 1 heterocycles. The van der Waals surface area contributed by atoms with Crippen LogP contribution in [0.4, 0.5) is 0 Å². The summed E-state index contributed by atoms with van der Waals surface area (Å²) in [6.45, 7) is 20.8. The Morgan fingerprint density at radius 2 is 1.42 bits per heavy atom. The lowest BCUT2D eigenvalue weighted by atomic mass is 10.1. The van der Waals surface area contributed by atoms with Gasteiger partial charge in [0.05, 0.1) is 6.61 Å². The Bertz CT molecular complexity index is 210. The molecule has 0 aromatic rings. The van der Waals surface area contributed by atoms with Crippen molar-refractivity contribution in [3.05, 3.63) is 11.8 Å². The summed E-state index contributed by atoms with van der Waals surface area (Å²) in [6, 6.07) is 0. The first-order chi connectivity index (χ1) is 11.6. The van der Waals surface area contributed by atoms with Crippen LogP contribution in [0, 0.1) is 0 Å². The van der Waals surface area contributed by atoms with Crippen molar-refractivity contribution in [1.82, 2.24) is 9.80 Å². The van der Waals surface area contributed by atoms with E-state index in [1.165, 1.54) is 44.3 Å². The van der Waals surface area contributed by atoms with Crippen molar-refractivity contribution in [2.24, 2.45) is 0 Å². The van der Waals surface area contributed by atoms with E-state index in [1.54, 1.807) is 7.11 Å². The van der Waals surface area contributed by atoms with E-state index in [-0.39, 0.29) is 0 Å². The molecular formula is C21H50N2O. The third-order valence-electron chi connectivity index (χ3n) is 3.09. The molecule has 0 aromatic heterocycles. The summed E-state index contributed by atoms with van der Waals surface area (Å²) in [5.41, 5.74) is 1.51. The van der Waals surface area contributed by atoms with Crippen LogP contribution in [0.15, 0.2) is 11.8 Å². The van der Waals surface area contributed by atoms with Gasteiger partial charge in [0, 0.05) is 26.7 Å². The molecule has 1 aliphatic heterocycles. The number of allylic oxidation sites excluding steroid dienone is 1. The second-order valence-corrected chi connectivity index (χ2v) is 5.22. The number of rotatable bonds is 5. The van der Waals surface area contributed by atoms with Gasteiger partial charge < -0.3 is 14.5 Å². The minimum atomic E-state index is 0.826. The Kier molecular flexibility index (Phi) is 39.5. The molecule has 150 valence electrons. The second-order valence-electron chi connectivity index (χ2n) is 5.22. The Morgan fingerprint density at radius 1 is 0.958 bits per heavy atom. The highest BCUT2D eigenvalue weighted by Gasteiger charge is 2.05. The molecule has 3 nitrogen and oxygen atoms in total. The molecule has 0 spiro atoms. The van der Waals surface area contributed by atoms with E-state index in [4.69, 9.17) is 4.74 Å². The van der Waals surface area contributed by atoms with Crippen molar-refractivity contribution in [2.45, 2.75) is 81.1 Å². The van der Waals surface area contributed by atoms with Gasteiger partial charge in [-0.15, -0.1) is 0 Å². The molecule has 0 radical (unpaired) electrons. The van der Waals surface area contributed by atoms with Crippen molar-refractivity contribution >= 4 is 0 Å². The normalized spacial score (nSPS) is 13.2. The zero-order valence-corrected chi connectivity index (χ0v) is 19.0. The lowest BCUT2D eigenvalue weighted by molar-refractivity contribution is 0.172. The minimum absolute atomic E-state index is 0.826. The molecule has 0 atom stereocenters. The number of ether oxygens (including phenoxy) is 1. The topological polar surface area (TPSA) is 15.7 Å². The van der Waals surface area contributed by atoms with E-state index in [0.29, 0.717) is 0 Å². The van der Waals surface area contributed by atoms with Gasteiger partial charge in [0.1, 0.15) is 0 Å². The summed E-state index contributed by atoms with van der Waals surface area (Å²) in [4.78, 5) is 4.55. The van der Waals surface area contributed by atoms with Gasteiger partial charge in [-0.05, 0) is 52.9 Å². The first kappa shape index (κ1) is 31.3. The third kappa shape index (κ3) is 29.5. The fourth-order valence-electron chi connectivity index (χ4n) is 1.72. The van der Waals surface area contributed by atoms with Gasteiger partial charge in [0.25, 0.3) is 0 Å². The molecule has 3 heteroatoms. The van der Waals surface area contributed by atoms with Gasteiger partial charge in [0.15, 0.2) is 0 Å². The number of hydrogen-bond acceptors (Lipinski definition) is 3.